The number of phenolic OH excluding ortho intramolecular Hbond substituents is 20. The van der Waals surface area contributed by atoms with Gasteiger partial charge in [0, 0.05) is 46.2 Å². The van der Waals surface area contributed by atoms with E-state index >= 15 is 4.79 Å². The number of aliphatic hydroxyl groups excluding tert-OH is 4. The molecule has 10 unspecified atom stereocenters. The SMILES string of the molecule is O=C(OC1C(O)C(CO)OC(O)C1OC(=O)c1cc(O)c(O)c(O)c1Oc1cc2c(c(O)c1O)-c1c(cc(O)c(O)c1O)C(=O)OC1C(COC2=O)OC(O)C(OC(=O)c2cc(O)c(O)c(O)c2Oc2cc3c(=O)oc4c(O)c(O)cc5c(=O)oc(c2O)c3c45)C1OC(=O)c1cc(O)c(O)c(O)c1)c1cc(O)c(O)c(O)c1. The number of phenols is 20. The Balaban J connectivity index is 0.877. The van der Waals surface area contributed by atoms with E-state index < -0.39 is 337 Å². The molecule has 44 nitrogen and oxygen atoms in total. The molecule has 2 aromatic heterocycles. The molecule has 3 aliphatic heterocycles. The van der Waals surface area contributed by atoms with Gasteiger partial charge in [-0.25, -0.2) is 38.4 Å². The van der Waals surface area contributed by atoms with Gasteiger partial charge in [0.05, 0.1) is 39.6 Å². The Hall–Kier alpha value is -15.1. The normalized spacial score (nSPS) is 20.3. The molecule has 24 N–H and O–H groups in total. The van der Waals surface area contributed by atoms with Crippen molar-refractivity contribution in [2.45, 2.75) is 61.4 Å². The first kappa shape index (κ1) is 75.1. The van der Waals surface area contributed by atoms with E-state index in [1.165, 1.54) is 0 Å². The minimum Gasteiger partial charge on any atom is -0.504 e. The number of esters is 6. The summed E-state index contributed by atoms with van der Waals surface area (Å²) in [5.41, 5.74) is -14.4. The van der Waals surface area contributed by atoms with E-state index in [0.29, 0.717) is 30.3 Å². The fourth-order valence-corrected chi connectivity index (χ4v) is 12.2. The molecule has 0 spiro atoms. The maximum atomic E-state index is 15.1. The number of ether oxygens (including phenoxy) is 10. The molecule has 44 heteroatoms. The lowest BCUT2D eigenvalue weighted by molar-refractivity contribution is -0.285. The topological polar surface area (TPSA) is 741 Å². The highest BCUT2D eigenvalue weighted by Crippen LogP contribution is 2.57. The first-order valence-electron chi connectivity index (χ1n) is 31.2. The van der Waals surface area contributed by atoms with Crippen LogP contribution in [0, 0.1) is 0 Å². The smallest absolute Gasteiger partial charge is 0.344 e. The average Bonchev–Trinajstić information content (AvgIpc) is 0.735. The third kappa shape index (κ3) is 12.4. The van der Waals surface area contributed by atoms with Crippen LogP contribution in [0.3, 0.4) is 0 Å². The number of aliphatic hydroxyl groups is 4. The zero-order chi connectivity index (χ0) is 81.3. The second kappa shape index (κ2) is 27.6. The largest absolute Gasteiger partial charge is 0.504 e. The van der Waals surface area contributed by atoms with E-state index in [4.69, 9.17) is 56.2 Å². The van der Waals surface area contributed by atoms with Crippen LogP contribution in [0.2, 0.25) is 0 Å². The minimum atomic E-state index is -2.90. The number of carbonyl (C=O) groups is 6. The lowest BCUT2D eigenvalue weighted by atomic mass is 9.91. The fourth-order valence-electron chi connectivity index (χ4n) is 12.2. The number of hydrogen-bond acceptors (Lipinski definition) is 44. The Morgan fingerprint density at radius 1 is 0.393 bits per heavy atom. The second-order valence-electron chi connectivity index (χ2n) is 24.4. The summed E-state index contributed by atoms with van der Waals surface area (Å²) < 4.78 is 65.4. The second-order valence-corrected chi connectivity index (χ2v) is 24.4. The molecule has 5 heterocycles. The summed E-state index contributed by atoms with van der Waals surface area (Å²) in [6, 6.07) is 4.30. The molecule has 13 rings (SSSR count). The zero-order valence-electron chi connectivity index (χ0n) is 54.9. The van der Waals surface area contributed by atoms with E-state index in [1.807, 2.05) is 0 Å². The van der Waals surface area contributed by atoms with Crippen LogP contribution in [-0.2, 0) is 37.9 Å². The minimum absolute atomic E-state index is 0.232. The summed E-state index contributed by atoms with van der Waals surface area (Å²) in [4.78, 5) is 114. The van der Waals surface area contributed by atoms with Crippen molar-refractivity contribution in [3.63, 3.8) is 0 Å². The van der Waals surface area contributed by atoms with Crippen molar-refractivity contribution < 1.29 is 208 Å². The molecule has 3 aliphatic rings. The first-order valence-corrected chi connectivity index (χ1v) is 31.2. The van der Waals surface area contributed by atoms with Crippen LogP contribution in [0.1, 0.15) is 62.1 Å². The van der Waals surface area contributed by atoms with E-state index in [2.05, 4.69) is 0 Å². The predicted molar refractivity (Wildman–Crippen MR) is 349 cm³/mol. The summed E-state index contributed by atoms with van der Waals surface area (Å²) >= 11 is 0. The maximum Gasteiger partial charge on any atom is 0.344 e. The molecule has 0 radical (unpaired) electrons. The zero-order valence-corrected chi connectivity index (χ0v) is 54.9. The van der Waals surface area contributed by atoms with E-state index in [0.717, 1.165) is 6.07 Å². The van der Waals surface area contributed by atoms with Crippen LogP contribution in [-0.4, -0.2) is 233 Å². The van der Waals surface area contributed by atoms with Gasteiger partial charge in [0.15, 0.2) is 146 Å². The summed E-state index contributed by atoms with van der Waals surface area (Å²) in [7, 11) is 0. The molecule has 0 saturated carbocycles. The Morgan fingerprint density at radius 3 is 1.30 bits per heavy atom. The van der Waals surface area contributed by atoms with Gasteiger partial charge in [-0.3, -0.25) is 0 Å². The van der Waals surface area contributed by atoms with Crippen LogP contribution in [0.5, 0.6) is 138 Å². The van der Waals surface area contributed by atoms with Gasteiger partial charge in [0.25, 0.3) is 0 Å². The molecule has 112 heavy (non-hydrogen) atoms. The van der Waals surface area contributed by atoms with Crippen molar-refractivity contribution in [3.8, 4) is 149 Å². The van der Waals surface area contributed by atoms with Crippen molar-refractivity contribution in [1.82, 2.24) is 0 Å². The van der Waals surface area contributed by atoms with Gasteiger partial charge in [0.1, 0.15) is 36.0 Å². The Kier molecular flexibility index (Phi) is 18.5. The standard InChI is InChI=1S/C68H48O44/c69-11-31-45(86)55(109-59(91)13-1-21(70)37(78)22(71)2-13)57(67(99)104-31)111-65(97)19-7-26(75)40(81)48(89)50(19)102-29-9-17-34(47(88)43(29)84)33-15(5-25(74)39(80)46(33)87)62(94)106-52-32(12-101-61(17)93)105-68(100)58(56(52)110-60(92)14-3-23(72)38(79)24(73)4-14)112-66(98)20-8-27(76)41(82)49(90)51(20)103-30-10-18-36-35-16(63(95)108-54(36)44(30)85)6-28(77)42(83)53(35)107-64(18)96/h1-10,31-32,45,52,55-58,67-90,99-100H,11-12H2. The van der Waals surface area contributed by atoms with E-state index in [1.54, 1.807) is 0 Å². The van der Waals surface area contributed by atoms with Gasteiger partial charge in [-0.15, -0.1) is 0 Å². The molecular formula is C68H48O44. The average molecular weight is 1570 g/mol. The highest BCUT2D eigenvalue weighted by atomic mass is 16.7. The monoisotopic (exact) mass is 1570 g/mol. The Labute approximate surface area is 612 Å². The molecule has 2 saturated heterocycles. The number of rotatable bonds is 13. The van der Waals surface area contributed by atoms with Gasteiger partial charge in [0.2, 0.25) is 46.0 Å². The number of hydrogen-bond donors (Lipinski definition) is 24. The third-order valence-electron chi connectivity index (χ3n) is 17.6. The lowest BCUT2D eigenvalue weighted by Crippen LogP contribution is -2.62. The highest BCUT2D eigenvalue weighted by Gasteiger charge is 2.55. The van der Waals surface area contributed by atoms with Crippen LogP contribution in [0.4, 0.5) is 0 Å². The number of aromatic hydroxyl groups is 20. The first-order chi connectivity index (χ1) is 52.8. The van der Waals surface area contributed by atoms with Gasteiger partial charge >= 0.3 is 47.1 Å². The fraction of sp³-hybridized carbons (Fsp3) is 0.176. The van der Waals surface area contributed by atoms with Gasteiger partial charge in [-0.05, 0) is 36.4 Å². The molecule has 584 valence electrons. The number of fused-ring (bicyclic) bond motifs is 4. The highest BCUT2D eigenvalue weighted by molar-refractivity contribution is 6.22. The van der Waals surface area contributed by atoms with Gasteiger partial charge < -0.3 is 179 Å². The van der Waals surface area contributed by atoms with Crippen molar-refractivity contribution in [3.05, 3.63) is 115 Å². The molecule has 10 aromatic rings. The number of benzene rings is 8. The van der Waals surface area contributed by atoms with E-state index in [9.17, 15) is 156 Å². The Bertz CT molecular complexity index is 5790. The summed E-state index contributed by atoms with van der Waals surface area (Å²) in [5.74, 6) is -44.9. The van der Waals surface area contributed by atoms with Crippen LogP contribution in [0.15, 0.2) is 79.1 Å². The number of carbonyl (C=O) groups excluding carboxylic acids is 6. The Morgan fingerprint density at radius 2 is 0.795 bits per heavy atom. The predicted octanol–water partition coefficient (Wildman–Crippen LogP) is 1.54. The van der Waals surface area contributed by atoms with Gasteiger partial charge in [-0.2, -0.15) is 0 Å². The van der Waals surface area contributed by atoms with Crippen LogP contribution in [0.25, 0.3) is 43.8 Å². The van der Waals surface area contributed by atoms with Crippen molar-refractivity contribution in [2.24, 2.45) is 0 Å². The molecule has 0 aliphatic carbocycles. The lowest BCUT2D eigenvalue weighted by Gasteiger charge is -2.42. The van der Waals surface area contributed by atoms with Crippen molar-refractivity contribution in [2.75, 3.05) is 13.2 Å². The summed E-state index contributed by atoms with van der Waals surface area (Å²) in [6.45, 7) is -2.67. The van der Waals surface area contributed by atoms with Gasteiger partial charge in [-0.1, -0.05) is 0 Å². The maximum absolute atomic E-state index is 15.1. The molecule has 2 fully saturated rings. The molecule has 8 aromatic carbocycles. The van der Waals surface area contributed by atoms with Crippen LogP contribution < -0.4 is 20.7 Å². The molecular weight excluding hydrogens is 1520 g/mol. The molecule has 10 atom stereocenters. The molecule has 0 amide bonds. The van der Waals surface area contributed by atoms with E-state index in [-0.39, 0.29) is 24.3 Å². The van der Waals surface area contributed by atoms with Crippen molar-refractivity contribution >= 4 is 68.5 Å². The number of cyclic esters (lactones) is 1. The summed E-state index contributed by atoms with van der Waals surface area (Å²) in [6.07, 6.45) is -25.2. The quantitative estimate of drug-likeness (QED) is 0.0256. The molecule has 0 bridgehead atoms. The van der Waals surface area contributed by atoms with Crippen molar-refractivity contribution in [1.29, 1.82) is 0 Å². The summed E-state index contributed by atoms with van der Waals surface area (Å²) in [5, 5.41) is 259. The van der Waals surface area contributed by atoms with Crippen LogP contribution >= 0.6 is 0 Å². The third-order valence-corrected chi connectivity index (χ3v) is 17.6.